The van der Waals surface area contributed by atoms with Crippen molar-refractivity contribution in [3.63, 3.8) is 0 Å². The van der Waals surface area contributed by atoms with E-state index in [1.807, 2.05) is 17.5 Å². The van der Waals surface area contributed by atoms with Crippen LogP contribution in [0.25, 0.3) is 10.7 Å². The van der Waals surface area contributed by atoms with Crippen molar-refractivity contribution in [2.24, 2.45) is 5.92 Å². The second-order valence-corrected chi connectivity index (χ2v) is 9.59. The second-order valence-electron chi connectivity index (χ2n) is 7.53. The molecule has 164 valence electrons. The minimum absolute atomic E-state index is 0.0180. The van der Waals surface area contributed by atoms with Gasteiger partial charge in [-0.15, -0.1) is 11.3 Å². The van der Waals surface area contributed by atoms with Crippen molar-refractivity contribution in [1.82, 2.24) is 20.4 Å². The van der Waals surface area contributed by atoms with Gasteiger partial charge in [-0.25, -0.2) is 4.39 Å². The van der Waals surface area contributed by atoms with Crippen LogP contribution in [0.2, 0.25) is 0 Å². The van der Waals surface area contributed by atoms with E-state index in [0.717, 1.165) is 41.3 Å². The van der Waals surface area contributed by atoms with Gasteiger partial charge in [0.1, 0.15) is 5.82 Å². The zero-order valence-electron chi connectivity index (χ0n) is 17.1. The largest absolute Gasteiger partial charge is 0.355 e. The summed E-state index contributed by atoms with van der Waals surface area (Å²) in [5.41, 5.74) is 1.09. The molecule has 4 rings (SSSR count). The van der Waals surface area contributed by atoms with Crippen LogP contribution in [0.15, 0.2) is 46.3 Å². The van der Waals surface area contributed by atoms with Crippen LogP contribution in [0.3, 0.4) is 0 Å². The lowest BCUT2D eigenvalue weighted by Crippen LogP contribution is -2.43. The summed E-state index contributed by atoms with van der Waals surface area (Å²) in [5, 5.41) is 9.10. The number of rotatable bonds is 9. The number of hydrogen-bond acceptors (Lipinski definition) is 7. The fourth-order valence-electron chi connectivity index (χ4n) is 3.59. The average molecular weight is 461 g/mol. The fourth-order valence-corrected chi connectivity index (χ4v) is 5.06. The van der Waals surface area contributed by atoms with E-state index in [1.54, 1.807) is 35.2 Å². The van der Waals surface area contributed by atoms with Crippen molar-refractivity contribution in [3.05, 3.63) is 59.0 Å². The molecule has 1 unspecified atom stereocenters. The van der Waals surface area contributed by atoms with Gasteiger partial charge < -0.3 is 9.84 Å². The molecule has 1 fully saturated rings. The highest BCUT2D eigenvalue weighted by Crippen LogP contribution is 2.23. The van der Waals surface area contributed by atoms with Gasteiger partial charge in [-0.3, -0.25) is 9.69 Å². The molecule has 2 aromatic heterocycles. The van der Waals surface area contributed by atoms with E-state index in [4.69, 9.17) is 4.52 Å². The van der Waals surface area contributed by atoms with E-state index < -0.39 is 0 Å². The number of benzene rings is 1. The maximum Gasteiger partial charge on any atom is 0.241 e. The normalized spacial score (nSPS) is 17.0. The fraction of sp³-hybridized carbons (Fsp3) is 0.409. The maximum atomic E-state index is 12.9. The van der Waals surface area contributed by atoms with Crippen molar-refractivity contribution in [1.29, 1.82) is 0 Å². The summed E-state index contributed by atoms with van der Waals surface area (Å²) in [6.07, 6.45) is 1.87. The van der Waals surface area contributed by atoms with E-state index in [0.29, 0.717) is 31.3 Å². The van der Waals surface area contributed by atoms with Crippen molar-refractivity contribution in [3.8, 4) is 10.7 Å². The number of likely N-dealkylation sites (tertiary alicyclic amines) is 1. The SMILES string of the molecule is O=C(NCCSCc1ccc(F)cc1)C1CCCN(Cc2nc(-c3cccs3)no2)C1. The minimum Gasteiger partial charge on any atom is -0.355 e. The van der Waals surface area contributed by atoms with Crippen molar-refractivity contribution in [2.45, 2.75) is 25.1 Å². The molecule has 1 saturated heterocycles. The van der Waals surface area contributed by atoms with Gasteiger partial charge in [0.05, 0.1) is 17.3 Å². The molecule has 1 N–H and O–H groups in total. The molecule has 1 aromatic carbocycles. The summed E-state index contributed by atoms with van der Waals surface area (Å²) in [6, 6.07) is 10.5. The van der Waals surface area contributed by atoms with Crippen molar-refractivity contribution >= 4 is 29.0 Å². The molecule has 31 heavy (non-hydrogen) atoms. The number of carbonyl (C=O) groups is 1. The average Bonchev–Trinajstić information content (AvgIpc) is 3.47. The highest BCUT2D eigenvalue weighted by Gasteiger charge is 2.26. The van der Waals surface area contributed by atoms with Crippen LogP contribution in [0.1, 0.15) is 24.3 Å². The summed E-state index contributed by atoms with van der Waals surface area (Å²) < 4.78 is 18.3. The third-order valence-electron chi connectivity index (χ3n) is 5.17. The molecule has 0 aliphatic carbocycles. The Labute approximate surface area is 189 Å². The lowest BCUT2D eigenvalue weighted by molar-refractivity contribution is -0.126. The molecule has 0 saturated carbocycles. The molecule has 0 bridgehead atoms. The Bertz CT molecular complexity index is 962. The van der Waals surface area contributed by atoms with E-state index >= 15 is 0 Å². The van der Waals surface area contributed by atoms with Crippen LogP contribution in [0, 0.1) is 11.7 Å². The minimum atomic E-state index is -0.218. The highest BCUT2D eigenvalue weighted by atomic mass is 32.2. The first-order chi connectivity index (χ1) is 15.2. The zero-order valence-corrected chi connectivity index (χ0v) is 18.8. The smallest absolute Gasteiger partial charge is 0.241 e. The first kappa shape index (κ1) is 22.0. The van der Waals surface area contributed by atoms with E-state index in [-0.39, 0.29) is 17.6 Å². The molecule has 1 atom stereocenters. The Kier molecular flexibility index (Phi) is 7.71. The summed E-state index contributed by atoms with van der Waals surface area (Å²) in [4.78, 5) is 20.3. The Morgan fingerprint density at radius 3 is 3.00 bits per heavy atom. The molecular weight excluding hydrogens is 435 g/mol. The van der Waals surface area contributed by atoms with Crippen LogP contribution < -0.4 is 5.32 Å². The van der Waals surface area contributed by atoms with E-state index in [1.165, 1.54) is 12.1 Å². The lowest BCUT2D eigenvalue weighted by atomic mass is 9.97. The number of nitrogens with one attached hydrogen (secondary N) is 1. The molecule has 3 aromatic rings. The van der Waals surface area contributed by atoms with Crippen LogP contribution in [-0.2, 0) is 17.1 Å². The molecule has 9 heteroatoms. The third kappa shape index (κ3) is 6.38. The summed E-state index contributed by atoms with van der Waals surface area (Å²) >= 11 is 3.31. The molecule has 0 radical (unpaired) electrons. The molecule has 1 aliphatic rings. The van der Waals surface area contributed by atoms with Crippen LogP contribution >= 0.6 is 23.1 Å². The van der Waals surface area contributed by atoms with Gasteiger partial charge in [-0.1, -0.05) is 23.4 Å². The number of piperidine rings is 1. The zero-order chi connectivity index (χ0) is 21.5. The van der Waals surface area contributed by atoms with Gasteiger partial charge in [-0.2, -0.15) is 16.7 Å². The predicted octanol–water partition coefficient (Wildman–Crippen LogP) is 4.20. The molecule has 3 heterocycles. The molecular formula is C22H25FN4O2S2. The second kappa shape index (κ2) is 10.9. The topological polar surface area (TPSA) is 71.3 Å². The number of nitrogens with zero attached hydrogens (tertiary/aromatic N) is 3. The number of carbonyl (C=O) groups excluding carboxylic acids is 1. The first-order valence-corrected chi connectivity index (χ1v) is 12.4. The number of thioether (sulfide) groups is 1. The Morgan fingerprint density at radius 1 is 1.32 bits per heavy atom. The monoisotopic (exact) mass is 460 g/mol. The summed E-state index contributed by atoms with van der Waals surface area (Å²) in [5.74, 6) is 2.71. The van der Waals surface area contributed by atoms with E-state index in [9.17, 15) is 9.18 Å². The Morgan fingerprint density at radius 2 is 2.19 bits per heavy atom. The predicted molar refractivity (Wildman–Crippen MR) is 121 cm³/mol. The maximum absolute atomic E-state index is 12.9. The van der Waals surface area contributed by atoms with Crippen molar-refractivity contribution < 1.29 is 13.7 Å². The Hall–Kier alpha value is -2.23. The number of thiophene rings is 1. The molecule has 1 aliphatic heterocycles. The number of hydrogen-bond donors (Lipinski definition) is 1. The first-order valence-electron chi connectivity index (χ1n) is 10.4. The number of aromatic nitrogens is 2. The van der Waals surface area contributed by atoms with Gasteiger partial charge in [0.25, 0.3) is 0 Å². The van der Waals surface area contributed by atoms with Gasteiger partial charge in [0.15, 0.2) is 0 Å². The van der Waals surface area contributed by atoms with Crippen LogP contribution in [0.5, 0.6) is 0 Å². The molecule has 6 nitrogen and oxygen atoms in total. The summed E-state index contributed by atoms with van der Waals surface area (Å²) in [6.45, 7) is 2.82. The third-order valence-corrected chi connectivity index (χ3v) is 7.07. The van der Waals surface area contributed by atoms with Gasteiger partial charge in [0, 0.05) is 24.6 Å². The van der Waals surface area contributed by atoms with Gasteiger partial charge in [0.2, 0.25) is 17.6 Å². The molecule has 0 spiro atoms. The van der Waals surface area contributed by atoms with E-state index in [2.05, 4.69) is 20.4 Å². The molecule has 1 amide bonds. The highest BCUT2D eigenvalue weighted by molar-refractivity contribution is 7.98. The standard InChI is InChI=1S/C22H25FN4O2S2/c23-18-7-5-16(6-8-18)15-30-12-9-24-22(28)17-3-1-10-27(13-17)14-20-25-21(26-29-20)19-4-2-11-31-19/h2,4-8,11,17H,1,3,9-10,12-15H2,(H,24,28). The number of amides is 1. The number of halogens is 1. The van der Waals surface area contributed by atoms with Crippen molar-refractivity contribution in [2.75, 3.05) is 25.4 Å². The van der Waals surface area contributed by atoms with Crippen LogP contribution in [-0.4, -0.2) is 46.3 Å². The summed E-state index contributed by atoms with van der Waals surface area (Å²) in [7, 11) is 0. The van der Waals surface area contributed by atoms with Gasteiger partial charge in [-0.05, 0) is 48.5 Å². The Balaban J connectivity index is 1.17. The van der Waals surface area contributed by atoms with Gasteiger partial charge >= 0.3 is 0 Å². The van der Waals surface area contributed by atoms with Crippen LogP contribution in [0.4, 0.5) is 4.39 Å². The quantitative estimate of drug-likeness (QED) is 0.483. The lowest BCUT2D eigenvalue weighted by Gasteiger charge is -2.30.